The summed E-state index contributed by atoms with van der Waals surface area (Å²) in [6, 6.07) is 0. The standard InChI is InChI=1S/C7H3Br2ClFNO2/c8-2-1(7(13)14)6(12)5(11)3(9)4(2)10/h12H2,(H,13,14). The normalized spacial score (nSPS) is 10.3. The molecule has 0 radical (unpaired) electrons. The van der Waals surface area contributed by atoms with Crippen LogP contribution in [0.15, 0.2) is 8.95 Å². The number of benzene rings is 1. The molecule has 0 fully saturated rings. The second-order valence-corrected chi connectivity index (χ2v) is 4.31. The first-order valence-corrected chi connectivity index (χ1v) is 5.19. The minimum absolute atomic E-state index is 0.0532. The van der Waals surface area contributed by atoms with Crippen molar-refractivity contribution in [3.05, 3.63) is 25.3 Å². The number of carboxylic acid groups (broad SMARTS) is 1. The number of carboxylic acids is 1. The summed E-state index contributed by atoms with van der Waals surface area (Å²) in [5, 5.41) is 8.67. The molecule has 0 atom stereocenters. The van der Waals surface area contributed by atoms with Crippen molar-refractivity contribution in [1.29, 1.82) is 0 Å². The first kappa shape index (κ1) is 11.7. The number of hydrogen-bond donors (Lipinski definition) is 2. The molecule has 0 amide bonds. The lowest BCUT2D eigenvalue weighted by Crippen LogP contribution is -2.07. The van der Waals surface area contributed by atoms with E-state index in [2.05, 4.69) is 31.9 Å². The number of nitrogens with two attached hydrogens (primary N) is 1. The highest BCUT2D eigenvalue weighted by Crippen LogP contribution is 2.39. The molecule has 0 bridgehead atoms. The molecule has 0 heterocycles. The molecule has 0 aromatic heterocycles. The SMILES string of the molecule is Nc1c(F)c(Br)c(Cl)c(Br)c1C(=O)O. The Labute approximate surface area is 100 Å². The molecule has 0 saturated carbocycles. The van der Waals surface area contributed by atoms with Gasteiger partial charge in [0.05, 0.1) is 19.7 Å². The molecule has 0 aliphatic heterocycles. The van der Waals surface area contributed by atoms with E-state index >= 15 is 0 Å². The van der Waals surface area contributed by atoms with Gasteiger partial charge in [0.15, 0.2) is 5.82 Å². The molecule has 1 rings (SSSR count). The number of anilines is 1. The highest BCUT2D eigenvalue weighted by Gasteiger charge is 2.23. The number of aromatic carboxylic acids is 1. The highest BCUT2D eigenvalue weighted by atomic mass is 79.9. The van der Waals surface area contributed by atoms with Gasteiger partial charge in [-0.1, -0.05) is 11.6 Å². The molecule has 0 aliphatic rings. The first-order chi connectivity index (χ1) is 6.37. The third-order valence-corrected chi connectivity index (χ3v) is 3.89. The summed E-state index contributed by atoms with van der Waals surface area (Å²) in [4.78, 5) is 10.7. The number of hydrogen-bond acceptors (Lipinski definition) is 2. The van der Waals surface area contributed by atoms with Crippen LogP contribution >= 0.6 is 43.5 Å². The Morgan fingerprint density at radius 1 is 1.43 bits per heavy atom. The Bertz CT molecular complexity index is 396. The third kappa shape index (κ3) is 1.74. The van der Waals surface area contributed by atoms with Crippen LogP contribution in [0, 0.1) is 5.82 Å². The number of rotatable bonds is 1. The second kappa shape index (κ2) is 4.04. The van der Waals surface area contributed by atoms with Gasteiger partial charge in [-0.15, -0.1) is 0 Å². The molecule has 3 nitrogen and oxygen atoms in total. The van der Waals surface area contributed by atoms with Gasteiger partial charge < -0.3 is 10.8 Å². The van der Waals surface area contributed by atoms with Gasteiger partial charge in [0.1, 0.15) is 5.56 Å². The smallest absolute Gasteiger partial charge is 0.339 e. The zero-order valence-electron chi connectivity index (χ0n) is 6.44. The van der Waals surface area contributed by atoms with Gasteiger partial charge in [-0.3, -0.25) is 0 Å². The van der Waals surface area contributed by atoms with Crippen molar-refractivity contribution in [3.63, 3.8) is 0 Å². The van der Waals surface area contributed by atoms with Crippen LogP contribution in [0.5, 0.6) is 0 Å². The lowest BCUT2D eigenvalue weighted by Gasteiger charge is -2.09. The van der Waals surface area contributed by atoms with Crippen molar-refractivity contribution in [2.24, 2.45) is 0 Å². The van der Waals surface area contributed by atoms with E-state index in [4.69, 9.17) is 22.4 Å². The molecule has 0 unspecified atom stereocenters. The summed E-state index contributed by atoms with van der Waals surface area (Å²) in [6.07, 6.45) is 0. The Kier molecular flexibility index (Phi) is 3.39. The molecule has 0 spiro atoms. The van der Waals surface area contributed by atoms with E-state index in [9.17, 15) is 9.18 Å². The van der Waals surface area contributed by atoms with Crippen LogP contribution in [0.2, 0.25) is 5.02 Å². The van der Waals surface area contributed by atoms with Gasteiger partial charge >= 0.3 is 5.97 Å². The predicted molar refractivity (Wildman–Crippen MR) is 58.2 cm³/mol. The molecule has 1 aromatic carbocycles. The minimum Gasteiger partial charge on any atom is -0.478 e. The van der Waals surface area contributed by atoms with E-state index in [1.807, 2.05) is 0 Å². The van der Waals surface area contributed by atoms with E-state index < -0.39 is 17.5 Å². The zero-order valence-corrected chi connectivity index (χ0v) is 10.4. The number of nitrogen functional groups attached to an aromatic ring is 1. The van der Waals surface area contributed by atoms with Crippen LogP contribution in [0.3, 0.4) is 0 Å². The molecule has 0 saturated heterocycles. The lowest BCUT2D eigenvalue weighted by atomic mass is 10.2. The molecular formula is C7H3Br2ClFNO2. The maximum Gasteiger partial charge on any atom is 0.339 e. The summed E-state index contributed by atoms with van der Waals surface area (Å²) in [7, 11) is 0. The molecular weight excluding hydrogens is 344 g/mol. The predicted octanol–water partition coefficient (Wildman–Crippen LogP) is 3.28. The summed E-state index contributed by atoms with van der Waals surface area (Å²) < 4.78 is 13.2. The molecule has 14 heavy (non-hydrogen) atoms. The Morgan fingerprint density at radius 3 is 2.36 bits per heavy atom. The van der Waals surface area contributed by atoms with Crippen LogP contribution in [0.1, 0.15) is 10.4 Å². The Hall–Kier alpha value is -0.330. The van der Waals surface area contributed by atoms with Gasteiger partial charge in [-0.05, 0) is 31.9 Å². The fourth-order valence-corrected chi connectivity index (χ4v) is 2.29. The van der Waals surface area contributed by atoms with Crippen LogP contribution < -0.4 is 5.73 Å². The van der Waals surface area contributed by atoms with Crippen LogP contribution in [-0.2, 0) is 0 Å². The van der Waals surface area contributed by atoms with Crippen LogP contribution in [0.25, 0.3) is 0 Å². The average molecular weight is 347 g/mol. The molecule has 7 heteroatoms. The van der Waals surface area contributed by atoms with Crippen molar-refractivity contribution in [2.75, 3.05) is 5.73 Å². The lowest BCUT2D eigenvalue weighted by molar-refractivity contribution is 0.0696. The summed E-state index contributed by atoms with van der Waals surface area (Å²) in [6.45, 7) is 0. The van der Waals surface area contributed by atoms with Crippen molar-refractivity contribution in [3.8, 4) is 0 Å². The highest BCUT2D eigenvalue weighted by molar-refractivity contribution is 9.11. The quantitative estimate of drug-likeness (QED) is 0.465. The summed E-state index contributed by atoms with van der Waals surface area (Å²) >= 11 is 11.4. The third-order valence-electron chi connectivity index (χ3n) is 1.52. The van der Waals surface area contributed by atoms with Crippen LogP contribution in [-0.4, -0.2) is 11.1 Å². The molecule has 3 N–H and O–H groups in total. The Morgan fingerprint density at radius 2 is 1.93 bits per heavy atom. The zero-order chi connectivity index (χ0) is 11.0. The van der Waals surface area contributed by atoms with Crippen molar-refractivity contribution < 1.29 is 14.3 Å². The van der Waals surface area contributed by atoms with Gasteiger partial charge in [-0.25, -0.2) is 9.18 Å². The Balaban J connectivity index is 3.68. The molecule has 1 aromatic rings. The van der Waals surface area contributed by atoms with E-state index in [0.29, 0.717) is 0 Å². The summed E-state index contributed by atoms with van der Waals surface area (Å²) in [5.74, 6) is -2.22. The fraction of sp³-hybridized carbons (Fsp3) is 0. The first-order valence-electron chi connectivity index (χ1n) is 3.22. The maximum atomic E-state index is 13.3. The van der Waals surface area contributed by atoms with Gasteiger partial charge in [0.2, 0.25) is 0 Å². The van der Waals surface area contributed by atoms with Crippen molar-refractivity contribution in [2.45, 2.75) is 0 Å². The number of halogens is 4. The maximum absolute atomic E-state index is 13.3. The van der Waals surface area contributed by atoms with E-state index in [1.165, 1.54) is 0 Å². The topological polar surface area (TPSA) is 63.3 Å². The van der Waals surface area contributed by atoms with Crippen molar-refractivity contribution >= 4 is 55.1 Å². The molecule has 0 aliphatic carbocycles. The van der Waals surface area contributed by atoms with E-state index in [1.54, 1.807) is 0 Å². The van der Waals surface area contributed by atoms with Gasteiger partial charge in [0, 0.05) is 0 Å². The summed E-state index contributed by atoms with van der Waals surface area (Å²) in [5.41, 5.74) is 4.44. The number of carbonyl (C=O) groups is 1. The average Bonchev–Trinajstić information content (AvgIpc) is 2.11. The van der Waals surface area contributed by atoms with Gasteiger partial charge in [-0.2, -0.15) is 0 Å². The largest absolute Gasteiger partial charge is 0.478 e. The van der Waals surface area contributed by atoms with E-state index in [-0.39, 0.29) is 19.5 Å². The second-order valence-electron chi connectivity index (χ2n) is 2.35. The van der Waals surface area contributed by atoms with Crippen LogP contribution in [0.4, 0.5) is 10.1 Å². The van der Waals surface area contributed by atoms with Crippen molar-refractivity contribution in [1.82, 2.24) is 0 Å². The monoisotopic (exact) mass is 345 g/mol. The van der Waals surface area contributed by atoms with Gasteiger partial charge in [0.25, 0.3) is 0 Å². The molecule has 76 valence electrons. The minimum atomic E-state index is -1.34. The fourth-order valence-electron chi connectivity index (χ4n) is 0.858. The van der Waals surface area contributed by atoms with E-state index in [0.717, 1.165) is 0 Å².